The van der Waals surface area contributed by atoms with E-state index in [1.165, 1.54) is 50.6 Å². The fourth-order valence-electron chi connectivity index (χ4n) is 5.96. The molecule has 0 bridgehead atoms. The van der Waals surface area contributed by atoms with E-state index in [1.54, 1.807) is 4.90 Å². The molecule has 0 aliphatic carbocycles. The van der Waals surface area contributed by atoms with Gasteiger partial charge in [0.25, 0.3) is 10.0 Å². The first-order valence-corrected chi connectivity index (χ1v) is 16.0. The number of sulfonamides is 1. The number of ketones is 1. The van der Waals surface area contributed by atoms with Gasteiger partial charge in [0.1, 0.15) is 41.5 Å². The van der Waals surface area contributed by atoms with Crippen molar-refractivity contribution in [2.24, 2.45) is 5.41 Å². The van der Waals surface area contributed by atoms with E-state index in [1.807, 2.05) is 4.90 Å². The van der Waals surface area contributed by atoms with E-state index in [2.05, 4.69) is 19.7 Å². The highest BCUT2D eigenvalue weighted by molar-refractivity contribution is 7.92. The van der Waals surface area contributed by atoms with Gasteiger partial charge in [0.05, 0.1) is 18.0 Å². The SMILES string of the molecule is [2H]c1nc(N2CC3(CCN(C(=O)/C=C/C(C)=O)CC3)C2)c2c(F)c(-c3cnc(OC)c(NS(=O)(=O)c4ccc(F)cc4F)c3)ccc2n1. The van der Waals surface area contributed by atoms with Crippen molar-refractivity contribution in [2.45, 2.75) is 24.7 Å². The molecule has 6 rings (SSSR count). The molecule has 2 aromatic carbocycles. The van der Waals surface area contributed by atoms with Crippen molar-refractivity contribution in [3.05, 3.63) is 78.5 Å². The summed E-state index contributed by atoms with van der Waals surface area (Å²) in [5, 5.41) is 0.0617. The van der Waals surface area contributed by atoms with Gasteiger partial charge in [0, 0.05) is 61.1 Å². The van der Waals surface area contributed by atoms with E-state index in [-0.39, 0.29) is 62.8 Å². The summed E-state index contributed by atoms with van der Waals surface area (Å²) in [4.78, 5) is 38.8. The van der Waals surface area contributed by atoms with Crippen LogP contribution in [0.2, 0.25) is 0 Å². The van der Waals surface area contributed by atoms with Crippen LogP contribution in [0.25, 0.3) is 22.0 Å². The zero-order chi connectivity index (χ0) is 34.4. The summed E-state index contributed by atoms with van der Waals surface area (Å²) in [7, 11) is -3.34. The van der Waals surface area contributed by atoms with Gasteiger partial charge in [-0.25, -0.2) is 36.5 Å². The lowest BCUT2D eigenvalue weighted by molar-refractivity contribution is -0.128. The van der Waals surface area contributed by atoms with Gasteiger partial charge in [-0.2, -0.15) is 0 Å². The summed E-state index contributed by atoms with van der Waals surface area (Å²) < 4.78 is 85.7. The topological polar surface area (TPSA) is 135 Å². The number of nitrogens with zero attached hydrogens (tertiary/aromatic N) is 5. The van der Waals surface area contributed by atoms with E-state index in [0.717, 1.165) is 12.1 Å². The van der Waals surface area contributed by atoms with Gasteiger partial charge in [-0.3, -0.25) is 14.3 Å². The number of anilines is 2. The number of likely N-dealkylation sites (tertiary alicyclic amines) is 1. The number of allylic oxidation sites excluding steroid dienone is 1. The van der Waals surface area contributed by atoms with Gasteiger partial charge >= 0.3 is 0 Å². The number of aromatic nitrogens is 3. The fraction of sp³-hybridized carbons (Fsp3) is 0.281. The van der Waals surface area contributed by atoms with Gasteiger partial charge in [0.15, 0.2) is 5.78 Å². The molecule has 2 aliphatic heterocycles. The van der Waals surface area contributed by atoms with Crippen LogP contribution in [0, 0.1) is 22.9 Å². The molecule has 2 aromatic heterocycles. The molecular formula is C32H29F3N6O5S. The van der Waals surface area contributed by atoms with Gasteiger partial charge in [0.2, 0.25) is 11.8 Å². The lowest BCUT2D eigenvalue weighted by Gasteiger charge is -2.54. The second-order valence-corrected chi connectivity index (χ2v) is 13.2. The number of carbonyl (C=O) groups is 2. The summed E-state index contributed by atoms with van der Waals surface area (Å²) in [6, 6.07) is 6.23. The number of ether oxygens (including phenoxy) is 1. The maximum absolute atomic E-state index is 16.5. The van der Waals surface area contributed by atoms with Gasteiger partial charge < -0.3 is 14.5 Å². The highest BCUT2D eigenvalue weighted by Gasteiger charge is 2.46. The van der Waals surface area contributed by atoms with E-state index in [9.17, 15) is 26.8 Å². The molecule has 4 aromatic rings. The Bertz CT molecular complexity index is 2100. The molecule has 1 N–H and O–H groups in total. The molecule has 2 saturated heterocycles. The van der Waals surface area contributed by atoms with E-state index < -0.39 is 32.4 Å². The van der Waals surface area contributed by atoms with Crippen molar-refractivity contribution >= 4 is 44.1 Å². The molecule has 0 atom stereocenters. The fourth-order valence-corrected chi connectivity index (χ4v) is 7.07. The zero-order valence-electron chi connectivity index (χ0n) is 26.3. The smallest absolute Gasteiger partial charge is 0.264 e. The Morgan fingerprint density at radius 1 is 1.04 bits per heavy atom. The normalized spacial score (nSPS) is 16.3. The minimum atomic E-state index is -4.58. The number of benzene rings is 2. The van der Waals surface area contributed by atoms with Crippen molar-refractivity contribution in [3.63, 3.8) is 0 Å². The minimum absolute atomic E-state index is 0.0225. The number of rotatable bonds is 8. The lowest BCUT2D eigenvalue weighted by atomic mass is 9.72. The highest BCUT2D eigenvalue weighted by atomic mass is 32.2. The zero-order valence-corrected chi connectivity index (χ0v) is 26.1. The van der Waals surface area contributed by atoms with Crippen molar-refractivity contribution < 1.29 is 37.3 Å². The first-order chi connectivity index (χ1) is 22.8. The quantitative estimate of drug-likeness (QED) is 0.270. The molecule has 2 aliphatic rings. The monoisotopic (exact) mass is 667 g/mol. The predicted octanol–water partition coefficient (Wildman–Crippen LogP) is 4.49. The highest BCUT2D eigenvalue weighted by Crippen LogP contribution is 2.44. The number of hydrogen-bond donors (Lipinski definition) is 1. The Morgan fingerprint density at radius 2 is 1.79 bits per heavy atom. The average Bonchev–Trinajstić information content (AvgIpc) is 3.02. The van der Waals surface area contributed by atoms with Gasteiger partial charge in [-0.1, -0.05) is 0 Å². The molecule has 1 amide bonds. The molecule has 0 radical (unpaired) electrons. The van der Waals surface area contributed by atoms with E-state index in [0.29, 0.717) is 45.1 Å². The largest absolute Gasteiger partial charge is 0.480 e. The van der Waals surface area contributed by atoms with E-state index in [4.69, 9.17) is 6.11 Å². The predicted molar refractivity (Wildman–Crippen MR) is 167 cm³/mol. The van der Waals surface area contributed by atoms with Crippen LogP contribution in [-0.4, -0.2) is 73.2 Å². The third kappa shape index (κ3) is 6.22. The molecule has 4 heterocycles. The number of nitrogens with one attached hydrogen (secondary N) is 1. The number of methoxy groups -OCH3 is 1. The Hall–Kier alpha value is -5.05. The molecule has 47 heavy (non-hydrogen) atoms. The molecule has 0 unspecified atom stereocenters. The number of amides is 1. The first kappa shape index (κ1) is 30.6. The number of fused-ring (bicyclic) bond motifs is 1. The number of halogens is 3. The average molecular weight is 668 g/mol. The minimum Gasteiger partial charge on any atom is -0.480 e. The summed E-state index contributed by atoms with van der Waals surface area (Å²) >= 11 is 0. The molecule has 2 fully saturated rings. The number of carbonyl (C=O) groups excluding carboxylic acids is 2. The summed E-state index contributed by atoms with van der Waals surface area (Å²) in [6.45, 7) is 3.42. The molecule has 15 heteroatoms. The van der Waals surface area contributed by atoms with Crippen LogP contribution in [0.3, 0.4) is 0 Å². The van der Waals surface area contributed by atoms with Crippen molar-refractivity contribution in [2.75, 3.05) is 42.9 Å². The Balaban J connectivity index is 1.28. The third-order valence-electron chi connectivity index (χ3n) is 8.40. The van der Waals surface area contributed by atoms with Gasteiger partial charge in [-0.05, 0) is 56.2 Å². The first-order valence-electron chi connectivity index (χ1n) is 15.0. The van der Waals surface area contributed by atoms with E-state index >= 15 is 4.39 Å². The van der Waals surface area contributed by atoms with Crippen LogP contribution in [0.15, 0.2) is 65.9 Å². The molecular weight excluding hydrogens is 637 g/mol. The molecule has 11 nitrogen and oxygen atoms in total. The number of hydrogen-bond acceptors (Lipinski definition) is 9. The number of piperidine rings is 1. The van der Waals surface area contributed by atoms with Crippen molar-refractivity contribution in [1.29, 1.82) is 0 Å². The second kappa shape index (κ2) is 12.3. The van der Waals surface area contributed by atoms with Crippen LogP contribution in [-0.2, 0) is 19.6 Å². The Kier molecular flexibility index (Phi) is 7.99. The van der Waals surface area contributed by atoms with Crippen LogP contribution in [0.4, 0.5) is 24.7 Å². The molecule has 0 saturated carbocycles. The Labute approximate surface area is 269 Å². The summed E-state index contributed by atoms with van der Waals surface area (Å²) in [5.41, 5.74) is 0.00472. The summed E-state index contributed by atoms with van der Waals surface area (Å²) in [5.74, 6) is -3.37. The maximum Gasteiger partial charge on any atom is 0.264 e. The standard InChI is InChI=1S/C32H29F3N6O5S/c1-19(42)3-8-27(43)40-11-9-32(10-12-40)16-41(17-32)30-28-24(37-18-38-30)6-5-22(29(28)35)20-13-25(31(46-2)36-15-20)39-47(44,45)26-7-4-21(33)14-23(26)34/h3-8,13-15,18,39H,9-12,16-17H2,1-2H3/b8-3+/i18D. The van der Waals surface area contributed by atoms with Crippen molar-refractivity contribution in [1.82, 2.24) is 19.9 Å². The van der Waals surface area contributed by atoms with Crippen molar-refractivity contribution in [3.8, 4) is 17.0 Å². The number of pyridine rings is 1. The third-order valence-corrected chi connectivity index (χ3v) is 9.80. The van der Waals surface area contributed by atoms with Crippen LogP contribution < -0.4 is 14.4 Å². The lowest BCUT2D eigenvalue weighted by Crippen LogP contribution is -2.61. The molecule has 244 valence electrons. The maximum atomic E-state index is 16.5. The molecule has 1 spiro atoms. The summed E-state index contributed by atoms with van der Waals surface area (Å²) in [6.07, 6.45) is 4.91. The Morgan fingerprint density at radius 3 is 2.47 bits per heavy atom. The second-order valence-electron chi connectivity index (χ2n) is 11.6. The van der Waals surface area contributed by atoms with Crippen LogP contribution in [0.5, 0.6) is 5.88 Å². The van der Waals surface area contributed by atoms with Gasteiger partial charge in [-0.15, -0.1) is 0 Å². The van der Waals surface area contributed by atoms with Crippen LogP contribution >= 0.6 is 0 Å². The van der Waals surface area contributed by atoms with Crippen LogP contribution in [0.1, 0.15) is 21.1 Å².